The molecule has 1 aliphatic heterocycles. The van der Waals surface area contributed by atoms with Crippen LogP contribution in [0.3, 0.4) is 0 Å². The fourth-order valence-electron chi connectivity index (χ4n) is 2.96. The minimum atomic E-state index is -0.465. The van der Waals surface area contributed by atoms with Gasteiger partial charge in [0.15, 0.2) is 0 Å². The lowest BCUT2D eigenvalue weighted by atomic mass is 10.1. The Hall–Kier alpha value is -2.41. The molecule has 1 aliphatic rings. The number of rotatable bonds is 8. The second-order valence-corrected chi connectivity index (χ2v) is 6.59. The number of carbonyl (C=O) groups is 3. The van der Waals surface area contributed by atoms with Gasteiger partial charge in [-0.15, -0.1) is 0 Å². The van der Waals surface area contributed by atoms with Crippen LogP contribution in [-0.2, 0) is 14.3 Å². The minimum absolute atomic E-state index is 0.117. The molecule has 1 aromatic carbocycles. The number of nitrogens with one attached hydrogen (secondary N) is 1. The van der Waals surface area contributed by atoms with Gasteiger partial charge in [0.1, 0.15) is 0 Å². The van der Waals surface area contributed by atoms with E-state index in [0.717, 1.165) is 13.0 Å². The molecule has 1 unspecified atom stereocenters. The predicted molar refractivity (Wildman–Crippen MR) is 99.0 cm³/mol. The minimum Gasteiger partial charge on any atom is -0.462 e. The average Bonchev–Trinajstić information content (AvgIpc) is 3.00. The van der Waals surface area contributed by atoms with Gasteiger partial charge in [-0.25, -0.2) is 4.79 Å². The van der Waals surface area contributed by atoms with E-state index in [1.54, 1.807) is 31.2 Å². The van der Waals surface area contributed by atoms with E-state index in [1.807, 2.05) is 14.1 Å². The summed E-state index contributed by atoms with van der Waals surface area (Å²) in [6, 6.07) is 6.84. The van der Waals surface area contributed by atoms with Crippen molar-refractivity contribution < 1.29 is 19.1 Å². The van der Waals surface area contributed by atoms with Crippen molar-refractivity contribution in [3.63, 3.8) is 0 Å². The van der Waals surface area contributed by atoms with Crippen LogP contribution < -0.4 is 10.2 Å². The highest BCUT2D eigenvalue weighted by Gasteiger charge is 2.36. The molecule has 2 amide bonds. The van der Waals surface area contributed by atoms with Crippen LogP contribution in [0, 0.1) is 5.92 Å². The van der Waals surface area contributed by atoms with Gasteiger partial charge >= 0.3 is 5.97 Å². The maximum Gasteiger partial charge on any atom is 0.340 e. The van der Waals surface area contributed by atoms with Crippen molar-refractivity contribution in [1.82, 2.24) is 10.2 Å². The Morgan fingerprint density at radius 3 is 2.73 bits per heavy atom. The fraction of sp³-hybridized carbons (Fsp3) is 0.526. The number of nitrogens with zero attached hydrogens (tertiary/aromatic N) is 2. The Labute approximate surface area is 154 Å². The SMILES string of the molecule is CCOC(=O)c1ccccc1N1CC(C(=O)NCCCN(C)C)CC1=O. The number of ether oxygens (including phenoxy) is 1. The van der Waals surface area contributed by atoms with Crippen molar-refractivity contribution in [2.75, 3.05) is 45.2 Å². The zero-order valence-corrected chi connectivity index (χ0v) is 15.7. The molecule has 2 rings (SSSR count). The largest absolute Gasteiger partial charge is 0.462 e. The van der Waals surface area contributed by atoms with Crippen molar-refractivity contribution in [3.8, 4) is 0 Å². The monoisotopic (exact) mass is 361 g/mol. The van der Waals surface area contributed by atoms with Crippen LogP contribution in [-0.4, -0.2) is 63.0 Å². The Kier molecular flexibility index (Phi) is 7.15. The lowest BCUT2D eigenvalue weighted by Gasteiger charge is -2.19. The number of hydrogen-bond donors (Lipinski definition) is 1. The van der Waals surface area contributed by atoms with Crippen LogP contribution in [0.1, 0.15) is 30.1 Å². The maximum atomic E-state index is 12.4. The molecule has 1 N–H and O–H groups in total. The van der Waals surface area contributed by atoms with Gasteiger partial charge in [-0.2, -0.15) is 0 Å². The third kappa shape index (κ3) is 5.05. The van der Waals surface area contributed by atoms with E-state index >= 15 is 0 Å². The number of para-hydroxylation sites is 1. The third-order valence-corrected chi connectivity index (χ3v) is 4.27. The standard InChI is InChI=1S/C19H27N3O4/c1-4-26-19(25)15-8-5-6-9-16(15)22-13-14(12-17(22)23)18(24)20-10-7-11-21(2)3/h5-6,8-9,14H,4,7,10-13H2,1-3H3,(H,20,24). The van der Waals surface area contributed by atoms with Crippen LogP contribution in [0.25, 0.3) is 0 Å². The molecule has 1 saturated heterocycles. The molecule has 142 valence electrons. The molecule has 0 aromatic heterocycles. The summed E-state index contributed by atoms with van der Waals surface area (Å²) in [5, 5.41) is 2.89. The number of carbonyl (C=O) groups excluding carboxylic acids is 3. The van der Waals surface area contributed by atoms with Gasteiger partial charge < -0.3 is 19.9 Å². The summed E-state index contributed by atoms with van der Waals surface area (Å²) < 4.78 is 5.06. The normalized spacial score (nSPS) is 16.8. The summed E-state index contributed by atoms with van der Waals surface area (Å²) in [4.78, 5) is 40.5. The zero-order valence-electron chi connectivity index (χ0n) is 15.7. The van der Waals surface area contributed by atoms with Crippen molar-refractivity contribution in [3.05, 3.63) is 29.8 Å². The summed E-state index contributed by atoms with van der Waals surface area (Å²) in [7, 11) is 3.96. The Morgan fingerprint density at radius 1 is 1.31 bits per heavy atom. The topological polar surface area (TPSA) is 79.0 Å². The van der Waals surface area contributed by atoms with Gasteiger partial charge in [0.2, 0.25) is 11.8 Å². The molecule has 0 spiro atoms. The summed E-state index contributed by atoms with van der Waals surface area (Å²) in [6.07, 6.45) is 1.01. The maximum absolute atomic E-state index is 12.4. The summed E-state index contributed by atoms with van der Waals surface area (Å²) in [6.45, 7) is 3.75. The summed E-state index contributed by atoms with van der Waals surface area (Å²) >= 11 is 0. The summed E-state index contributed by atoms with van der Waals surface area (Å²) in [5.74, 6) is -1.15. The van der Waals surface area contributed by atoms with Crippen molar-refractivity contribution in [2.24, 2.45) is 5.92 Å². The Morgan fingerprint density at radius 2 is 2.04 bits per heavy atom. The van der Waals surface area contributed by atoms with Crippen molar-refractivity contribution in [1.29, 1.82) is 0 Å². The molecule has 0 saturated carbocycles. The smallest absolute Gasteiger partial charge is 0.340 e. The second kappa shape index (κ2) is 9.33. The van der Waals surface area contributed by atoms with E-state index in [0.29, 0.717) is 17.8 Å². The molecule has 7 heteroatoms. The lowest BCUT2D eigenvalue weighted by Crippen LogP contribution is -2.34. The first-order valence-electron chi connectivity index (χ1n) is 8.93. The van der Waals surface area contributed by atoms with Gasteiger partial charge in [0.25, 0.3) is 0 Å². The Bertz CT molecular complexity index is 660. The first-order valence-corrected chi connectivity index (χ1v) is 8.93. The van der Waals surface area contributed by atoms with Crippen molar-refractivity contribution in [2.45, 2.75) is 19.8 Å². The first-order chi connectivity index (χ1) is 12.4. The van der Waals surface area contributed by atoms with E-state index in [4.69, 9.17) is 4.74 Å². The highest BCUT2D eigenvalue weighted by Crippen LogP contribution is 2.28. The fourth-order valence-corrected chi connectivity index (χ4v) is 2.96. The Balaban J connectivity index is 2.02. The van der Waals surface area contributed by atoms with E-state index in [9.17, 15) is 14.4 Å². The van der Waals surface area contributed by atoms with E-state index < -0.39 is 11.9 Å². The average molecular weight is 361 g/mol. The molecule has 1 atom stereocenters. The second-order valence-electron chi connectivity index (χ2n) is 6.59. The van der Waals surface area contributed by atoms with E-state index in [2.05, 4.69) is 10.2 Å². The van der Waals surface area contributed by atoms with Crippen LogP contribution in [0.4, 0.5) is 5.69 Å². The van der Waals surface area contributed by atoms with E-state index in [1.165, 1.54) is 4.90 Å². The van der Waals surface area contributed by atoms with Gasteiger partial charge in [-0.1, -0.05) is 12.1 Å². The summed E-state index contributed by atoms with van der Waals surface area (Å²) in [5.41, 5.74) is 0.841. The number of benzene rings is 1. The molecule has 0 aliphatic carbocycles. The molecule has 0 bridgehead atoms. The molecular formula is C19H27N3O4. The highest BCUT2D eigenvalue weighted by atomic mass is 16.5. The highest BCUT2D eigenvalue weighted by molar-refractivity contribution is 6.05. The molecule has 1 heterocycles. The lowest BCUT2D eigenvalue weighted by molar-refractivity contribution is -0.126. The van der Waals surface area contributed by atoms with Gasteiger partial charge in [0, 0.05) is 19.5 Å². The molecule has 1 aromatic rings. The first kappa shape index (κ1) is 19.9. The third-order valence-electron chi connectivity index (χ3n) is 4.27. The van der Waals surface area contributed by atoms with Crippen LogP contribution >= 0.6 is 0 Å². The van der Waals surface area contributed by atoms with Crippen LogP contribution in [0.15, 0.2) is 24.3 Å². The molecular weight excluding hydrogens is 334 g/mol. The molecule has 7 nitrogen and oxygen atoms in total. The van der Waals surface area contributed by atoms with Crippen molar-refractivity contribution >= 4 is 23.5 Å². The quantitative estimate of drug-likeness (QED) is 0.557. The van der Waals surface area contributed by atoms with Crippen LogP contribution in [0.2, 0.25) is 0 Å². The molecule has 1 fully saturated rings. The zero-order chi connectivity index (χ0) is 19.1. The van der Waals surface area contributed by atoms with Gasteiger partial charge in [0.05, 0.1) is 23.8 Å². The van der Waals surface area contributed by atoms with Crippen LogP contribution in [0.5, 0.6) is 0 Å². The number of hydrogen-bond acceptors (Lipinski definition) is 5. The van der Waals surface area contributed by atoms with E-state index in [-0.39, 0.29) is 31.4 Å². The molecule has 0 radical (unpaired) electrons. The van der Waals surface area contributed by atoms with Gasteiger partial charge in [-0.3, -0.25) is 9.59 Å². The number of esters is 1. The number of amides is 2. The predicted octanol–water partition coefficient (Wildman–Crippen LogP) is 1.28. The van der Waals surface area contributed by atoms with Gasteiger partial charge in [-0.05, 0) is 46.1 Å². The number of anilines is 1. The molecule has 26 heavy (non-hydrogen) atoms.